The normalized spacial score (nSPS) is 10.1. The summed E-state index contributed by atoms with van der Waals surface area (Å²) in [6.07, 6.45) is 1.37. The number of rotatable bonds is 3. The minimum absolute atomic E-state index is 0.176. The van der Waals surface area contributed by atoms with E-state index in [1.165, 1.54) is 12.3 Å². The second kappa shape index (κ2) is 5.52. The van der Waals surface area contributed by atoms with Crippen LogP contribution in [0.5, 0.6) is 0 Å². The highest BCUT2D eigenvalue weighted by atomic mass is 16.4. The number of nitrogens with zero attached hydrogens (tertiary/aromatic N) is 1. The van der Waals surface area contributed by atoms with Gasteiger partial charge in [0.1, 0.15) is 0 Å². The maximum atomic E-state index is 12.1. The second-order valence-corrected chi connectivity index (χ2v) is 4.46. The van der Waals surface area contributed by atoms with Crippen LogP contribution in [0.2, 0.25) is 0 Å². The predicted molar refractivity (Wildman–Crippen MR) is 75.1 cm³/mol. The summed E-state index contributed by atoms with van der Waals surface area (Å²) in [6, 6.07) is 8.40. The molecule has 0 unspecified atom stereocenters. The zero-order valence-corrected chi connectivity index (χ0v) is 11.2. The van der Waals surface area contributed by atoms with Crippen LogP contribution in [0.4, 0.5) is 5.69 Å². The van der Waals surface area contributed by atoms with Crippen LogP contribution >= 0.6 is 0 Å². The van der Waals surface area contributed by atoms with Gasteiger partial charge in [-0.1, -0.05) is 6.07 Å². The summed E-state index contributed by atoms with van der Waals surface area (Å²) in [7, 11) is 0. The van der Waals surface area contributed by atoms with Gasteiger partial charge in [-0.05, 0) is 49.2 Å². The molecule has 0 fully saturated rings. The lowest BCUT2D eigenvalue weighted by atomic mass is 10.1. The Balaban J connectivity index is 2.28. The first kappa shape index (κ1) is 13.7. The lowest BCUT2D eigenvalue weighted by molar-refractivity contribution is 0.0692. The third-order valence-electron chi connectivity index (χ3n) is 3.03. The molecule has 1 amide bonds. The van der Waals surface area contributed by atoms with E-state index in [0.717, 1.165) is 11.1 Å². The maximum Gasteiger partial charge on any atom is 0.356 e. The SMILES string of the molecule is Cc1ccc(C(=O)Nc2cccnc2C(=O)O)cc1C. The Morgan fingerprint density at radius 2 is 1.90 bits per heavy atom. The van der Waals surface area contributed by atoms with Gasteiger partial charge >= 0.3 is 5.97 Å². The van der Waals surface area contributed by atoms with E-state index in [9.17, 15) is 9.59 Å². The Labute approximate surface area is 116 Å². The zero-order chi connectivity index (χ0) is 14.7. The fourth-order valence-electron chi connectivity index (χ4n) is 1.75. The monoisotopic (exact) mass is 270 g/mol. The van der Waals surface area contributed by atoms with Gasteiger partial charge in [0, 0.05) is 11.8 Å². The van der Waals surface area contributed by atoms with Crippen LogP contribution in [0.25, 0.3) is 0 Å². The van der Waals surface area contributed by atoms with Crippen molar-refractivity contribution < 1.29 is 14.7 Å². The van der Waals surface area contributed by atoms with Crippen LogP contribution < -0.4 is 5.32 Å². The number of aromatic carboxylic acids is 1. The van der Waals surface area contributed by atoms with Gasteiger partial charge in [0.15, 0.2) is 5.69 Å². The number of pyridine rings is 1. The molecule has 5 heteroatoms. The average molecular weight is 270 g/mol. The van der Waals surface area contributed by atoms with Gasteiger partial charge in [-0.2, -0.15) is 0 Å². The Bertz CT molecular complexity index is 681. The number of carbonyl (C=O) groups excluding carboxylic acids is 1. The van der Waals surface area contributed by atoms with Crippen molar-refractivity contribution in [3.05, 3.63) is 58.9 Å². The number of amides is 1. The lowest BCUT2D eigenvalue weighted by Crippen LogP contribution is -2.15. The smallest absolute Gasteiger partial charge is 0.356 e. The first-order chi connectivity index (χ1) is 9.49. The van der Waals surface area contributed by atoms with Crippen molar-refractivity contribution in [3.63, 3.8) is 0 Å². The van der Waals surface area contributed by atoms with E-state index >= 15 is 0 Å². The van der Waals surface area contributed by atoms with Crippen molar-refractivity contribution in [1.29, 1.82) is 0 Å². The molecule has 1 aromatic carbocycles. The highest BCUT2D eigenvalue weighted by Crippen LogP contribution is 2.15. The molecule has 2 rings (SSSR count). The van der Waals surface area contributed by atoms with Gasteiger partial charge < -0.3 is 10.4 Å². The predicted octanol–water partition coefficient (Wildman–Crippen LogP) is 2.65. The summed E-state index contributed by atoms with van der Waals surface area (Å²) in [5.41, 5.74) is 2.58. The minimum Gasteiger partial charge on any atom is -0.476 e. The lowest BCUT2D eigenvalue weighted by Gasteiger charge is -2.08. The number of hydrogen-bond acceptors (Lipinski definition) is 3. The molecule has 20 heavy (non-hydrogen) atoms. The van der Waals surface area contributed by atoms with E-state index in [4.69, 9.17) is 5.11 Å². The summed E-state index contributed by atoms with van der Waals surface area (Å²) in [6.45, 7) is 3.87. The molecule has 0 radical (unpaired) electrons. The van der Waals surface area contributed by atoms with Crippen molar-refractivity contribution >= 4 is 17.6 Å². The number of nitrogens with one attached hydrogen (secondary N) is 1. The number of aromatic nitrogens is 1. The van der Waals surface area contributed by atoms with Crippen LogP contribution in [-0.4, -0.2) is 22.0 Å². The van der Waals surface area contributed by atoms with Crippen LogP contribution in [0.3, 0.4) is 0 Å². The number of anilines is 1. The molecule has 102 valence electrons. The molecule has 5 nitrogen and oxygen atoms in total. The van der Waals surface area contributed by atoms with E-state index in [1.54, 1.807) is 18.2 Å². The van der Waals surface area contributed by atoms with E-state index in [2.05, 4.69) is 10.3 Å². The van der Waals surface area contributed by atoms with Crippen LogP contribution in [0.1, 0.15) is 32.0 Å². The molecule has 1 aromatic heterocycles. The van der Waals surface area contributed by atoms with Crippen molar-refractivity contribution in [2.75, 3.05) is 5.32 Å². The van der Waals surface area contributed by atoms with Crippen LogP contribution in [-0.2, 0) is 0 Å². The fourth-order valence-corrected chi connectivity index (χ4v) is 1.75. The number of benzene rings is 1. The molecule has 1 heterocycles. The quantitative estimate of drug-likeness (QED) is 0.898. The summed E-state index contributed by atoms with van der Waals surface area (Å²) >= 11 is 0. The Morgan fingerprint density at radius 1 is 1.15 bits per heavy atom. The topological polar surface area (TPSA) is 79.3 Å². The summed E-state index contributed by atoms with van der Waals surface area (Å²) in [4.78, 5) is 26.9. The van der Waals surface area contributed by atoms with Gasteiger partial charge in [0.05, 0.1) is 5.69 Å². The van der Waals surface area contributed by atoms with Crippen molar-refractivity contribution in [2.24, 2.45) is 0 Å². The van der Waals surface area contributed by atoms with Gasteiger partial charge in [-0.3, -0.25) is 4.79 Å². The molecule has 2 N–H and O–H groups in total. The third-order valence-corrected chi connectivity index (χ3v) is 3.03. The third kappa shape index (κ3) is 2.83. The second-order valence-electron chi connectivity index (χ2n) is 4.46. The summed E-state index contributed by atoms with van der Waals surface area (Å²) in [5, 5.41) is 11.6. The highest BCUT2D eigenvalue weighted by molar-refractivity contribution is 6.07. The first-order valence-electron chi connectivity index (χ1n) is 6.06. The van der Waals surface area contributed by atoms with Crippen molar-refractivity contribution in [3.8, 4) is 0 Å². The molecule has 0 spiro atoms. The molecule has 0 aliphatic heterocycles. The van der Waals surface area contributed by atoms with Crippen LogP contribution in [0, 0.1) is 13.8 Å². The molecule has 0 atom stereocenters. The standard InChI is InChI=1S/C15H14N2O3/c1-9-5-6-11(8-10(9)2)14(18)17-12-4-3-7-16-13(12)15(19)20/h3-8H,1-2H3,(H,17,18)(H,19,20). The van der Waals surface area contributed by atoms with E-state index in [-0.39, 0.29) is 17.3 Å². The molecule has 0 saturated carbocycles. The van der Waals surface area contributed by atoms with Crippen LogP contribution in [0.15, 0.2) is 36.5 Å². The van der Waals surface area contributed by atoms with E-state index in [1.807, 2.05) is 19.9 Å². The van der Waals surface area contributed by atoms with Gasteiger partial charge in [-0.15, -0.1) is 0 Å². The van der Waals surface area contributed by atoms with Gasteiger partial charge in [0.2, 0.25) is 0 Å². The fraction of sp³-hybridized carbons (Fsp3) is 0.133. The van der Waals surface area contributed by atoms with E-state index < -0.39 is 5.97 Å². The zero-order valence-electron chi connectivity index (χ0n) is 11.2. The average Bonchev–Trinajstić information content (AvgIpc) is 2.42. The summed E-state index contributed by atoms with van der Waals surface area (Å²) in [5.74, 6) is -1.54. The largest absolute Gasteiger partial charge is 0.476 e. The maximum absolute atomic E-state index is 12.1. The highest BCUT2D eigenvalue weighted by Gasteiger charge is 2.14. The number of carboxylic acid groups (broad SMARTS) is 1. The van der Waals surface area contributed by atoms with Crippen molar-refractivity contribution in [2.45, 2.75) is 13.8 Å². The van der Waals surface area contributed by atoms with Gasteiger partial charge in [-0.25, -0.2) is 9.78 Å². The minimum atomic E-state index is -1.18. The van der Waals surface area contributed by atoms with E-state index in [0.29, 0.717) is 5.56 Å². The molecule has 0 aliphatic rings. The number of carbonyl (C=O) groups is 2. The molecular formula is C15H14N2O3. The van der Waals surface area contributed by atoms with Gasteiger partial charge in [0.25, 0.3) is 5.91 Å². The molecule has 0 aliphatic carbocycles. The Kier molecular flexibility index (Phi) is 3.79. The molecule has 2 aromatic rings. The Hall–Kier alpha value is -2.69. The number of aryl methyl sites for hydroxylation is 2. The first-order valence-corrected chi connectivity index (χ1v) is 6.06. The molecule has 0 bridgehead atoms. The number of hydrogen-bond donors (Lipinski definition) is 2. The Morgan fingerprint density at radius 3 is 2.55 bits per heavy atom. The summed E-state index contributed by atoms with van der Waals surface area (Å²) < 4.78 is 0. The molecular weight excluding hydrogens is 256 g/mol. The van der Waals surface area contributed by atoms with Crippen molar-refractivity contribution in [1.82, 2.24) is 4.98 Å². The number of carboxylic acids is 1. The molecule has 0 saturated heterocycles.